The van der Waals surface area contributed by atoms with Crippen molar-refractivity contribution in [3.63, 3.8) is 0 Å². The number of ether oxygens (including phenoxy) is 4. The molecule has 2 aromatic rings. The van der Waals surface area contributed by atoms with Gasteiger partial charge in [-0.2, -0.15) is 0 Å². The first kappa shape index (κ1) is 63.3. The Morgan fingerprint density at radius 3 is 1.31 bits per heavy atom. The second-order valence-electron chi connectivity index (χ2n) is 16.4. The average molecular weight is 923 g/mol. The number of hydrogen-bond acceptors (Lipinski definition) is 15. The van der Waals surface area contributed by atoms with E-state index in [9.17, 15) is 40.4 Å². The van der Waals surface area contributed by atoms with E-state index < -0.39 is 35.3 Å². The van der Waals surface area contributed by atoms with Crippen molar-refractivity contribution in [2.24, 2.45) is 34.0 Å². The number of hydrogen-bond donors (Lipinski definition) is 8. The summed E-state index contributed by atoms with van der Waals surface area (Å²) in [4.78, 5) is 20.9. The monoisotopic (exact) mass is 922 g/mol. The number of oxime groups is 2. The van der Waals surface area contributed by atoms with Crippen LogP contribution in [-0.4, -0.2) is 136 Å². The fraction of sp³-hybridized carbons (Fsp3) is 0.630. The van der Waals surface area contributed by atoms with Gasteiger partial charge in [-0.05, 0) is 101 Å². The number of carboxylic acids is 2. The Bertz CT molecular complexity index is 1540. The number of nitrogens with zero attached hydrogens (tertiary/aromatic N) is 3. The number of carbonyl (C=O) groups is 2. The van der Waals surface area contributed by atoms with Crippen LogP contribution in [0.1, 0.15) is 98.3 Å². The van der Waals surface area contributed by atoms with Gasteiger partial charge in [0.25, 0.3) is 0 Å². The van der Waals surface area contributed by atoms with E-state index in [-0.39, 0.29) is 95.5 Å². The zero-order valence-electron chi connectivity index (χ0n) is 37.4. The van der Waals surface area contributed by atoms with E-state index in [2.05, 4.69) is 10.3 Å². The van der Waals surface area contributed by atoms with Crippen molar-refractivity contribution in [3.8, 4) is 11.5 Å². The number of aliphatic hydroxyl groups excluding tert-OH is 2. The standard InChI is InChI=1S/2C22H33NO7.CN.CH4.B.Na/c2*1-22(27,15-30-16-7-3-2-4-8-16)11-10-17-18(20(24)13-19(17)23-28)9-5-6-12-29-14-21(25)26;1-2;;;/h2*2-4,7-8,17-18,20,24,27-28H,5-6,9-15H2,1H3,(H,25,26);;1H4;;/q;;-1;;;+1/b2*23-19-;;;;/t2*17-,18-,20+,22?;;;;/m11..../s1. The van der Waals surface area contributed by atoms with Crippen LogP contribution < -0.4 is 39.0 Å². The topological polar surface area (TPSA) is 281 Å². The molecule has 0 aromatic heterocycles. The van der Waals surface area contributed by atoms with Gasteiger partial charge in [0.1, 0.15) is 37.9 Å². The summed E-state index contributed by atoms with van der Waals surface area (Å²) in [6.07, 6.45) is 5.83. The number of aliphatic hydroxyl groups is 4. The summed E-state index contributed by atoms with van der Waals surface area (Å²) >= 11 is 0. The second kappa shape index (κ2) is 34.5. The normalized spacial score (nSPS) is 22.8. The maximum atomic E-state index is 10.7. The summed E-state index contributed by atoms with van der Waals surface area (Å²) < 4.78 is 21.4. The predicted molar refractivity (Wildman–Crippen MR) is 239 cm³/mol. The molecule has 17 nitrogen and oxygen atoms in total. The van der Waals surface area contributed by atoms with Crippen LogP contribution in [0.4, 0.5) is 0 Å². The van der Waals surface area contributed by atoms with Gasteiger partial charge >= 0.3 is 41.5 Å². The van der Waals surface area contributed by atoms with Crippen molar-refractivity contribution >= 4 is 31.8 Å². The van der Waals surface area contributed by atoms with Crippen LogP contribution in [0.15, 0.2) is 71.0 Å². The summed E-state index contributed by atoms with van der Waals surface area (Å²) in [5, 5.41) is 91.2. The number of aliphatic carboxylic acids is 2. The Hall–Kier alpha value is -3.77. The molecule has 0 heterocycles. The summed E-state index contributed by atoms with van der Waals surface area (Å²) in [6.45, 7) is 8.55. The maximum absolute atomic E-state index is 10.7. The van der Waals surface area contributed by atoms with Gasteiger partial charge in [0.05, 0.1) is 34.8 Å². The third-order valence-electron chi connectivity index (χ3n) is 11.1. The zero-order valence-corrected chi connectivity index (χ0v) is 39.4. The molecule has 0 amide bonds. The molecule has 2 saturated carbocycles. The van der Waals surface area contributed by atoms with Crippen molar-refractivity contribution in [1.82, 2.24) is 0 Å². The molecule has 3 radical (unpaired) electrons. The van der Waals surface area contributed by atoms with Gasteiger partial charge in [0.15, 0.2) is 0 Å². The van der Waals surface area contributed by atoms with Gasteiger partial charge in [-0.25, -0.2) is 9.59 Å². The second-order valence-corrected chi connectivity index (χ2v) is 16.4. The predicted octanol–water partition coefficient (Wildman–Crippen LogP) is 2.75. The summed E-state index contributed by atoms with van der Waals surface area (Å²) in [6, 6.07) is 18.6. The molecule has 65 heavy (non-hydrogen) atoms. The van der Waals surface area contributed by atoms with Gasteiger partial charge in [-0.3, -0.25) is 0 Å². The van der Waals surface area contributed by atoms with Crippen molar-refractivity contribution in [3.05, 3.63) is 67.2 Å². The van der Waals surface area contributed by atoms with Gasteiger partial charge in [-0.15, -0.1) is 0 Å². The Morgan fingerprint density at radius 1 is 0.662 bits per heavy atom. The number of para-hydroxylation sites is 2. The number of benzene rings is 2. The first-order chi connectivity index (χ1) is 29.6. The van der Waals surface area contributed by atoms with Crippen LogP contribution in [-0.2, 0) is 19.1 Å². The number of carboxylic acid groups (broad SMARTS) is 2. The fourth-order valence-corrected chi connectivity index (χ4v) is 7.92. The van der Waals surface area contributed by atoms with E-state index in [1.54, 1.807) is 13.8 Å². The maximum Gasteiger partial charge on any atom is 1.00 e. The molecule has 2 aliphatic carbocycles. The van der Waals surface area contributed by atoms with Crippen LogP contribution in [0.25, 0.3) is 0 Å². The van der Waals surface area contributed by atoms with Crippen molar-refractivity contribution in [1.29, 1.82) is 5.26 Å². The number of rotatable bonds is 26. The van der Waals surface area contributed by atoms with Crippen molar-refractivity contribution in [2.75, 3.05) is 39.6 Å². The molecule has 0 spiro atoms. The quantitative estimate of drug-likeness (QED) is 0.0222. The number of unbranched alkanes of at least 4 members (excludes halogenated alkanes) is 2. The SMILES string of the molecule is C.CC(O)(CC[C@H]1/C(=N\O)C[C@H](O)[C@@H]1CCCCOCC(=O)O)COc1ccccc1.CC(O)(CC[C@H]1/C(=N\O)C[C@H](O)[C@@H]1CCCCOCC(=O)O)COc1ccccc1.[B].[C-]#N.[Na+]. The molecule has 19 heteroatoms. The first-order valence-electron chi connectivity index (χ1n) is 21.0. The van der Waals surface area contributed by atoms with E-state index in [1.807, 2.05) is 60.7 Å². The van der Waals surface area contributed by atoms with E-state index in [4.69, 9.17) is 41.0 Å². The van der Waals surface area contributed by atoms with Crippen LogP contribution >= 0.6 is 0 Å². The smallest absolute Gasteiger partial charge is 0.512 e. The van der Waals surface area contributed by atoms with Crippen LogP contribution in [0, 0.1) is 35.5 Å². The van der Waals surface area contributed by atoms with Gasteiger partial charge in [0, 0.05) is 46.3 Å². The molecule has 2 aliphatic rings. The van der Waals surface area contributed by atoms with Crippen LogP contribution in [0.2, 0.25) is 0 Å². The third-order valence-corrected chi connectivity index (χ3v) is 11.1. The minimum absolute atomic E-state index is 0. The molecule has 0 saturated heterocycles. The van der Waals surface area contributed by atoms with E-state index in [0.717, 1.165) is 12.8 Å². The average Bonchev–Trinajstić information content (AvgIpc) is 3.74. The van der Waals surface area contributed by atoms with Gasteiger partial charge < -0.3 is 71.8 Å². The molecule has 0 aliphatic heterocycles. The Labute approximate surface area is 408 Å². The molecule has 2 unspecified atom stereocenters. The Kier molecular flexibility index (Phi) is 33.6. The molecule has 8 atom stereocenters. The van der Waals surface area contributed by atoms with Gasteiger partial charge in [-0.1, -0.05) is 67.0 Å². The summed E-state index contributed by atoms with van der Waals surface area (Å²) in [5.41, 5.74) is -0.984. The summed E-state index contributed by atoms with van der Waals surface area (Å²) in [7, 11) is 0. The molecule has 2 fully saturated rings. The van der Waals surface area contributed by atoms with Gasteiger partial charge in [0.2, 0.25) is 0 Å². The Morgan fingerprint density at radius 2 is 1.00 bits per heavy atom. The molecule has 2 aromatic carbocycles. The molecule has 0 bridgehead atoms. The van der Waals surface area contributed by atoms with E-state index >= 15 is 0 Å². The fourth-order valence-electron chi connectivity index (χ4n) is 7.92. The van der Waals surface area contributed by atoms with Crippen molar-refractivity contribution in [2.45, 2.75) is 122 Å². The van der Waals surface area contributed by atoms with Crippen LogP contribution in [0.5, 0.6) is 11.5 Å². The minimum atomic E-state index is -1.06. The molecule has 8 N–H and O–H groups in total. The molecule has 357 valence electrons. The first-order valence-corrected chi connectivity index (χ1v) is 21.0. The Balaban J connectivity index is 0. The van der Waals surface area contributed by atoms with E-state index in [0.29, 0.717) is 100 Å². The largest absolute Gasteiger partial charge is 1.00 e. The van der Waals surface area contributed by atoms with E-state index in [1.165, 1.54) is 0 Å². The van der Waals surface area contributed by atoms with Crippen LogP contribution in [0.3, 0.4) is 0 Å². The summed E-state index contributed by atoms with van der Waals surface area (Å²) in [5.74, 6) is -0.977. The third kappa shape index (κ3) is 25.1. The zero-order chi connectivity index (χ0) is 46.0. The molecular weight excluding hydrogens is 852 g/mol. The molecular formula is C46H70BN3NaO14. The molecule has 4 rings (SSSR count). The minimum Gasteiger partial charge on any atom is -0.512 e. The van der Waals surface area contributed by atoms with Crippen molar-refractivity contribution < 1.29 is 99.1 Å².